The summed E-state index contributed by atoms with van der Waals surface area (Å²) in [6.45, 7) is 5.88. The molecule has 2 aliphatic rings. The van der Waals surface area contributed by atoms with E-state index in [-0.39, 0.29) is 23.3 Å². The summed E-state index contributed by atoms with van der Waals surface area (Å²) in [7, 11) is 0. The first-order valence-electron chi connectivity index (χ1n) is 12.1. The van der Waals surface area contributed by atoms with Crippen LogP contribution < -0.4 is 5.32 Å². The van der Waals surface area contributed by atoms with E-state index >= 15 is 0 Å². The third-order valence-electron chi connectivity index (χ3n) is 7.29. The Labute approximate surface area is 200 Å². The first-order chi connectivity index (χ1) is 16.5. The standard InChI is InChI=1S/C27H31N5O2/c1-19(2)17-28-25(33)24-30-29-23-13-14-27(21-11-7-4-8-12-21)15-16-31(22(27)18-32(23)24)26(34)20-9-5-3-6-10-20/h3-12,19,22H,13-18H2,1-2H3,(H,28,33)/t22-,27+/m1/s1. The molecule has 7 heteroatoms. The van der Waals surface area contributed by atoms with Crippen LogP contribution in [-0.4, -0.2) is 50.6 Å². The van der Waals surface area contributed by atoms with Crippen molar-refractivity contribution in [3.8, 4) is 0 Å². The van der Waals surface area contributed by atoms with E-state index < -0.39 is 0 Å². The molecule has 0 spiro atoms. The Morgan fingerprint density at radius 1 is 1.03 bits per heavy atom. The molecule has 2 atom stereocenters. The van der Waals surface area contributed by atoms with E-state index in [0.717, 1.165) is 18.7 Å². The molecule has 7 nitrogen and oxygen atoms in total. The predicted octanol–water partition coefficient (Wildman–Crippen LogP) is 3.46. The van der Waals surface area contributed by atoms with Crippen molar-refractivity contribution < 1.29 is 9.59 Å². The Kier molecular flexibility index (Phi) is 5.94. The summed E-state index contributed by atoms with van der Waals surface area (Å²) in [5.41, 5.74) is 1.74. The van der Waals surface area contributed by atoms with Crippen molar-refractivity contribution in [2.24, 2.45) is 5.92 Å². The smallest absolute Gasteiger partial charge is 0.289 e. The zero-order chi connectivity index (χ0) is 23.7. The molecule has 1 fully saturated rings. The molecule has 0 radical (unpaired) electrons. The van der Waals surface area contributed by atoms with Crippen LogP contribution in [0.15, 0.2) is 60.7 Å². The maximum atomic E-state index is 13.6. The van der Waals surface area contributed by atoms with Gasteiger partial charge in [0.15, 0.2) is 0 Å². The van der Waals surface area contributed by atoms with Gasteiger partial charge in [-0.1, -0.05) is 62.4 Å². The van der Waals surface area contributed by atoms with Crippen LogP contribution in [0.3, 0.4) is 0 Å². The Bertz CT molecular complexity index is 1170. The van der Waals surface area contributed by atoms with Gasteiger partial charge in [-0.05, 0) is 36.5 Å². The van der Waals surface area contributed by atoms with Crippen molar-refractivity contribution in [2.45, 2.75) is 51.1 Å². The third kappa shape index (κ3) is 3.89. The summed E-state index contributed by atoms with van der Waals surface area (Å²) in [4.78, 5) is 28.6. The van der Waals surface area contributed by atoms with Crippen LogP contribution in [0.4, 0.5) is 0 Å². The second kappa shape index (κ2) is 9.05. The van der Waals surface area contributed by atoms with E-state index in [0.29, 0.717) is 43.4 Å². The largest absolute Gasteiger partial charge is 0.349 e. The average Bonchev–Trinajstić information content (AvgIpc) is 3.40. The lowest BCUT2D eigenvalue weighted by atomic mass is 9.71. The van der Waals surface area contributed by atoms with Crippen LogP contribution in [-0.2, 0) is 18.4 Å². The lowest BCUT2D eigenvalue weighted by Crippen LogP contribution is -2.47. The number of benzene rings is 2. The SMILES string of the molecule is CC(C)CNC(=O)c1nnc2n1C[C@H]1N(C(=O)c3ccccc3)CC[C@]1(c1ccccc1)CC2. The molecule has 0 saturated carbocycles. The van der Waals surface area contributed by atoms with E-state index in [4.69, 9.17) is 0 Å². The Balaban J connectivity index is 1.54. The normalized spacial score (nSPS) is 21.6. The molecular formula is C27H31N5O2. The molecule has 3 heterocycles. The van der Waals surface area contributed by atoms with E-state index in [2.05, 4.69) is 53.6 Å². The molecule has 5 rings (SSSR count). The van der Waals surface area contributed by atoms with Gasteiger partial charge in [0.25, 0.3) is 11.8 Å². The molecule has 0 unspecified atom stereocenters. The molecule has 0 aliphatic carbocycles. The topological polar surface area (TPSA) is 80.1 Å². The molecule has 176 valence electrons. The molecule has 1 aromatic heterocycles. The van der Waals surface area contributed by atoms with Gasteiger partial charge >= 0.3 is 0 Å². The van der Waals surface area contributed by atoms with E-state index in [1.165, 1.54) is 5.56 Å². The predicted molar refractivity (Wildman–Crippen MR) is 130 cm³/mol. The van der Waals surface area contributed by atoms with Gasteiger partial charge < -0.3 is 14.8 Å². The van der Waals surface area contributed by atoms with Gasteiger partial charge in [-0.15, -0.1) is 10.2 Å². The maximum absolute atomic E-state index is 13.6. The lowest BCUT2D eigenvalue weighted by Gasteiger charge is -2.37. The van der Waals surface area contributed by atoms with Crippen LogP contribution in [0, 0.1) is 5.92 Å². The summed E-state index contributed by atoms with van der Waals surface area (Å²) in [6.07, 6.45) is 2.45. The van der Waals surface area contributed by atoms with Crippen LogP contribution >= 0.6 is 0 Å². The van der Waals surface area contributed by atoms with Gasteiger partial charge in [0.05, 0.1) is 6.04 Å². The van der Waals surface area contributed by atoms with Crippen molar-refractivity contribution in [3.63, 3.8) is 0 Å². The first kappa shape index (κ1) is 22.3. The number of aryl methyl sites for hydroxylation is 1. The Morgan fingerprint density at radius 2 is 1.74 bits per heavy atom. The summed E-state index contributed by atoms with van der Waals surface area (Å²) < 4.78 is 1.95. The average molecular weight is 458 g/mol. The molecule has 34 heavy (non-hydrogen) atoms. The fourth-order valence-electron chi connectivity index (χ4n) is 5.51. The van der Waals surface area contributed by atoms with Crippen molar-refractivity contribution in [1.29, 1.82) is 0 Å². The number of carbonyl (C=O) groups excluding carboxylic acids is 2. The number of likely N-dealkylation sites (tertiary alicyclic amines) is 1. The second-order valence-corrected chi connectivity index (χ2v) is 9.81. The number of carbonyl (C=O) groups is 2. The minimum atomic E-state index is -0.210. The minimum Gasteiger partial charge on any atom is -0.349 e. The number of rotatable bonds is 5. The van der Waals surface area contributed by atoms with Gasteiger partial charge in [-0.25, -0.2) is 0 Å². The maximum Gasteiger partial charge on any atom is 0.289 e. The highest BCUT2D eigenvalue weighted by molar-refractivity contribution is 5.95. The van der Waals surface area contributed by atoms with Crippen molar-refractivity contribution in [2.75, 3.05) is 13.1 Å². The van der Waals surface area contributed by atoms with Gasteiger partial charge in [0.1, 0.15) is 5.82 Å². The molecule has 2 aliphatic heterocycles. The second-order valence-electron chi connectivity index (χ2n) is 9.81. The highest BCUT2D eigenvalue weighted by Crippen LogP contribution is 2.46. The molecule has 2 aromatic carbocycles. The Hall–Kier alpha value is -3.48. The van der Waals surface area contributed by atoms with Gasteiger partial charge in [-0.3, -0.25) is 9.59 Å². The minimum absolute atomic E-state index is 0.0331. The number of hydrogen-bond donors (Lipinski definition) is 1. The van der Waals surface area contributed by atoms with E-state index in [9.17, 15) is 9.59 Å². The highest BCUT2D eigenvalue weighted by atomic mass is 16.2. The molecular weight excluding hydrogens is 426 g/mol. The fourth-order valence-corrected chi connectivity index (χ4v) is 5.51. The number of amides is 2. The molecule has 1 N–H and O–H groups in total. The zero-order valence-corrected chi connectivity index (χ0v) is 19.8. The van der Waals surface area contributed by atoms with Gasteiger partial charge in [-0.2, -0.15) is 0 Å². The summed E-state index contributed by atoms with van der Waals surface area (Å²) >= 11 is 0. The quantitative estimate of drug-likeness (QED) is 0.636. The van der Waals surface area contributed by atoms with E-state index in [1.807, 2.05) is 45.9 Å². The van der Waals surface area contributed by atoms with Gasteiger partial charge in [0, 0.05) is 37.0 Å². The number of hydrogen-bond acceptors (Lipinski definition) is 4. The Morgan fingerprint density at radius 3 is 2.44 bits per heavy atom. The van der Waals surface area contributed by atoms with Crippen LogP contribution in [0.5, 0.6) is 0 Å². The summed E-state index contributed by atoms with van der Waals surface area (Å²) in [5.74, 6) is 1.31. The fraction of sp³-hybridized carbons (Fsp3) is 0.407. The molecule has 2 amide bonds. The summed E-state index contributed by atoms with van der Waals surface area (Å²) in [5, 5.41) is 11.6. The number of fused-ring (bicyclic) bond motifs is 2. The van der Waals surface area contributed by atoms with E-state index in [1.54, 1.807) is 0 Å². The van der Waals surface area contributed by atoms with Crippen LogP contribution in [0.1, 0.15) is 59.1 Å². The number of nitrogens with one attached hydrogen (secondary N) is 1. The number of nitrogens with zero attached hydrogens (tertiary/aromatic N) is 4. The van der Waals surface area contributed by atoms with Crippen molar-refractivity contribution >= 4 is 11.8 Å². The summed E-state index contributed by atoms with van der Waals surface area (Å²) in [6, 6.07) is 19.9. The number of aromatic nitrogens is 3. The molecule has 3 aromatic rings. The molecule has 0 bridgehead atoms. The van der Waals surface area contributed by atoms with Crippen molar-refractivity contribution in [3.05, 3.63) is 83.4 Å². The third-order valence-corrected chi connectivity index (χ3v) is 7.29. The van der Waals surface area contributed by atoms with Crippen LogP contribution in [0.25, 0.3) is 0 Å². The van der Waals surface area contributed by atoms with Gasteiger partial charge in [0.2, 0.25) is 5.82 Å². The van der Waals surface area contributed by atoms with Crippen molar-refractivity contribution in [1.82, 2.24) is 25.0 Å². The monoisotopic (exact) mass is 457 g/mol. The zero-order valence-electron chi connectivity index (χ0n) is 19.8. The highest BCUT2D eigenvalue weighted by Gasteiger charge is 2.51. The molecule has 1 saturated heterocycles. The van der Waals surface area contributed by atoms with Crippen LogP contribution in [0.2, 0.25) is 0 Å². The lowest BCUT2D eigenvalue weighted by molar-refractivity contribution is 0.0688. The first-order valence-corrected chi connectivity index (χ1v) is 12.1.